The van der Waals surface area contributed by atoms with Crippen LogP contribution in [0.2, 0.25) is 0 Å². The summed E-state index contributed by atoms with van der Waals surface area (Å²) < 4.78 is 16.6. The van der Waals surface area contributed by atoms with Crippen LogP contribution in [0.15, 0.2) is 66.7 Å². The first-order valence-electron chi connectivity index (χ1n) is 8.60. The molecule has 1 aliphatic heterocycles. The normalized spacial score (nSPS) is 12.4. The van der Waals surface area contributed by atoms with Gasteiger partial charge in [-0.25, -0.2) is 0 Å². The zero-order valence-corrected chi connectivity index (χ0v) is 15.1. The highest BCUT2D eigenvalue weighted by Gasteiger charge is 2.32. The minimum Gasteiger partial charge on any atom is -0.497 e. The first kappa shape index (κ1) is 17.0. The lowest BCUT2D eigenvalue weighted by molar-refractivity contribution is -0.116. The summed E-state index contributed by atoms with van der Waals surface area (Å²) in [7, 11) is 3.15. The van der Waals surface area contributed by atoms with E-state index < -0.39 is 5.92 Å². The van der Waals surface area contributed by atoms with Crippen molar-refractivity contribution >= 4 is 11.6 Å². The smallest absolute Gasteiger partial charge is 0.236 e. The van der Waals surface area contributed by atoms with Crippen LogP contribution in [0.5, 0.6) is 23.0 Å². The van der Waals surface area contributed by atoms with Crippen LogP contribution in [0.1, 0.15) is 17.0 Å². The highest BCUT2D eigenvalue weighted by Crippen LogP contribution is 2.44. The van der Waals surface area contributed by atoms with Crippen molar-refractivity contribution in [1.29, 1.82) is 0 Å². The van der Waals surface area contributed by atoms with Crippen molar-refractivity contribution in [3.63, 3.8) is 0 Å². The molecule has 3 aromatic carbocycles. The lowest BCUT2D eigenvalue weighted by atomic mass is 9.87. The predicted molar refractivity (Wildman–Crippen MR) is 103 cm³/mol. The van der Waals surface area contributed by atoms with Gasteiger partial charge in [0, 0.05) is 17.2 Å². The zero-order chi connectivity index (χ0) is 18.8. The fraction of sp³-hybridized carbons (Fsp3) is 0.136. The van der Waals surface area contributed by atoms with Gasteiger partial charge in [0.25, 0.3) is 0 Å². The Morgan fingerprint density at radius 2 is 1.52 bits per heavy atom. The molecule has 1 amide bonds. The Hall–Kier alpha value is -3.47. The van der Waals surface area contributed by atoms with Gasteiger partial charge in [-0.05, 0) is 24.3 Å². The summed E-state index contributed by atoms with van der Waals surface area (Å²) in [5.41, 5.74) is 2.26. The van der Waals surface area contributed by atoms with Gasteiger partial charge in [0.05, 0.1) is 25.8 Å². The van der Waals surface area contributed by atoms with E-state index in [0.717, 1.165) is 11.1 Å². The van der Waals surface area contributed by atoms with Gasteiger partial charge in [-0.1, -0.05) is 36.4 Å². The summed E-state index contributed by atoms with van der Waals surface area (Å²) in [6.45, 7) is 0. The van der Waals surface area contributed by atoms with Crippen LogP contribution in [0.4, 0.5) is 5.69 Å². The number of methoxy groups -OCH3 is 2. The van der Waals surface area contributed by atoms with Gasteiger partial charge >= 0.3 is 0 Å². The highest BCUT2D eigenvalue weighted by molar-refractivity contribution is 6.00. The average molecular weight is 361 g/mol. The molecule has 0 spiro atoms. The Balaban J connectivity index is 1.72. The number of ether oxygens (including phenoxy) is 3. The van der Waals surface area contributed by atoms with Gasteiger partial charge in [-0.15, -0.1) is 0 Å². The molecule has 0 atom stereocenters. The third kappa shape index (κ3) is 3.08. The monoisotopic (exact) mass is 361 g/mol. The highest BCUT2D eigenvalue weighted by atomic mass is 16.5. The number of carbonyl (C=O) groups excluding carboxylic acids is 1. The van der Waals surface area contributed by atoms with Crippen molar-refractivity contribution in [2.24, 2.45) is 0 Å². The number of para-hydroxylation sites is 2. The second kappa shape index (κ2) is 7.03. The van der Waals surface area contributed by atoms with E-state index in [9.17, 15) is 4.79 Å². The number of fused-ring (bicyclic) bond motifs is 2. The third-order valence-electron chi connectivity index (χ3n) is 4.61. The molecule has 5 nitrogen and oxygen atoms in total. The van der Waals surface area contributed by atoms with E-state index in [1.54, 1.807) is 32.4 Å². The van der Waals surface area contributed by atoms with E-state index in [2.05, 4.69) is 5.32 Å². The first-order chi connectivity index (χ1) is 13.2. The fourth-order valence-corrected chi connectivity index (χ4v) is 3.30. The number of hydrogen-bond donors (Lipinski definition) is 1. The lowest BCUT2D eigenvalue weighted by Crippen LogP contribution is -2.25. The summed E-state index contributed by atoms with van der Waals surface area (Å²) in [6, 6.07) is 20.5. The second-order valence-corrected chi connectivity index (χ2v) is 6.17. The second-order valence-electron chi connectivity index (χ2n) is 6.17. The summed E-state index contributed by atoms with van der Waals surface area (Å²) in [5, 5.41) is 2.99. The largest absolute Gasteiger partial charge is 0.497 e. The molecule has 4 rings (SSSR count). The Morgan fingerprint density at radius 3 is 2.11 bits per heavy atom. The molecule has 0 aliphatic carbocycles. The number of rotatable bonds is 4. The molecule has 0 fully saturated rings. The Bertz CT molecular complexity index is 954. The molecule has 0 bridgehead atoms. The molecular weight excluding hydrogens is 342 g/mol. The molecule has 5 heteroatoms. The molecule has 1 aliphatic rings. The van der Waals surface area contributed by atoms with Crippen LogP contribution in [-0.4, -0.2) is 20.1 Å². The maximum atomic E-state index is 13.3. The molecule has 0 radical (unpaired) electrons. The fourth-order valence-electron chi connectivity index (χ4n) is 3.30. The van der Waals surface area contributed by atoms with Crippen LogP contribution in [0.3, 0.4) is 0 Å². The number of amides is 1. The van der Waals surface area contributed by atoms with Crippen LogP contribution in [0.25, 0.3) is 0 Å². The topological polar surface area (TPSA) is 56.8 Å². The van der Waals surface area contributed by atoms with Gasteiger partial charge in [0.1, 0.15) is 23.0 Å². The van der Waals surface area contributed by atoms with Crippen molar-refractivity contribution in [2.75, 3.05) is 19.5 Å². The van der Waals surface area contributed by atoms with Gasteiger partial charge in [-0.2, -0.15) is 0 Å². The lowest BCUT2D eigenvalue weighted by Gasteiger charge is -2.27. The number of anilines is 1. The molecule has 0 aromatic heterocycles. The van der Waals surface area contributed by atoms with Crippen molar-refractivity contribution in [3.8, 4) is 23.0 Å². The number of hydrogen-bond acceptors (Lipinski definition) is 4. The molecule has 136 valence electrons. The minimum absolute atomic E-state index is 0.151. The van der Waals surface area contributed by atoms with Gasteiger partial charge in [-0.3, -0.25) is 4.79 Å². The van der Waals surface area contributed by atoms with Crippen molar-refractivity contribution in [1.82, 2.24) is 0 Å². The summed E-state index contributed by atoms with van der Waals surface area (Å²) in [6.07, 6.45) is 0. The SMILES string of the molecule is COc1ccc(NC(=O)C2c3ccccc3Oc3ccccc32)c(OC)c1. The molecule has 3 aromatic rings. The Kier molecular flexibility index (Phi) is 4.42. The van der Waals surface area contributed by atoms with Crippen LogP contribution < -0.4 is 19.5 Å². The molecule has 0 unspecified atom stereocenters. The van der Waals surface area contributed by atoms with Gasteiger partial charge in [0.15, 0.2) is 0 Å². The summed E-state index contributed by atoms with van der Waals surface area (Å²) in [4.78, 5) is 13.3. The van der Waals surface area contributed by atoms with Crippen LogP contribution in [-0.2, 0) is 4.79 Å². The Labute approximate surface area is 157 Å². The Morgan fingerprint density at radius 1 is 0.889 bits per heavy atom. The number of carbonyl (C=O) groups is 1. The molecule has 0 saturated carbocycles. The van der Waals surface area contributed by atoms with E-state index in [0.29, 0.717) is 28.7 Å². The van der Waals surface area contributed by atoms with E-state index in [1.165, 1.54) is 0 Å². The average Bonchev–Trinajstić information content (AvgIpc) is 2.72. The quantitative estimate of drug-likeness (QED) is 0.739. The van der Waals surface area contributed by atoms with Crippen LogP contribution in [0, 0.1) is 0 Å². The number of nitrogens with one attached hydrogen (secondary N) is 1. The molecule has 1 heterocycles. The van der Waals surface area contributed by atoms with Gasteiger partial charge in [0.2, 0.25) is 5.91 Å². The zero-order valence-electron chi connectivity index (χ0n) is 15.1. The van der Waals surface area contributed by atoms with Crippen molar-refractivity contribution < 1.29 is 19.0 Å². The van der Waals surface area contributed by atoms with Gasteiger partial charge < -0.3 is 19.5 Å². The van der Waals surface area contributed by atoms with E-state index in [-0.39, 0.29) is 5.91 Å². The maximum Gasteiger partial charge on any atom is 0.236 e. The van der Waals surface area contributed by atoms with Crippen molar-refractivity contribution in [2.45, 2.75) is 5.92 Å². The summed E-state index contributed by atoms with van der Waals surface area (Å²) >= 11 is 0. The third-order valence-corrected chi connectivity index (χ3v) is 4.61. The van der Waals surface area contributed by atoms with Crippen molar-refractivity contribution in [3.05, 3.63) is 77.9 Å². The number of benzene rings is 3. The maximum absolute atomic E-state index is 13.3. The van der Waals surface area contributed by atoms with E-state index in [1.807, 2.05) is 48.5 Å². The van der Waals surface area contributed by atoms with E-state index in [4.69, 9.17) is 14.2 Å². The van der Waals surface area contributed by atoms with Crippen LogP contribution >= 0.6 is 0 Å². The minimum atomic E-state index is -0.474. The molecule has 1 N–H and O–H groups in total. The predicted octanol–water partition coefficient (Wildman–Crippen LogP) is 4.58. The van der Waals surface area contributed by atoms with E-state index >= 15 is 0 Å². The summed E-state index contributed by atoms with van der Waals surface area (Å²) in [5.74, 6) is 1.96. The molecule has 0 saturated heterocycles. The molecular formula is C22H19NO4. The molecule has 27 heavy (non-hydrogen) atoms. The standard InChI is InChI=1S/C22H19NO4/c1-25-14-11-12-17(20(13-14)26-2)23-22(24)21-15-7-3-5-9-18(15)27-19-10-6-4-8-16(19)21/h3-13,21H,1-2H3,(H,23,24). The first-order valence-corrected chi connectivity index (χ1v) is 8.60.